The largest absolute Gasteiger partial charge is 0.504 e. The molecule has 23 heavy (non-hydrogen) atoms. The smallest absolute Gasteiger partial charge is 0.235 e. The lowest BCUT2D eigenvalue weighted by molar-refractivity contribution is 0.104. The Morgan fingerprint density at radius 2 is 1.96 bits per heavy atom. The monoisotopic (exact) mass is 438 g/mol. The molecule has 2 aromatic carbocycles. The molecule has 0 aliphatic carbocycles. The first-order chi connectivity index (χ1) is 10.9. The molecule has 4 nitrogen and oxygen atoms in total. The predicted octanol–water partition coefficient (Wildman–Crippen LogP) is 4.18. The Hall–Kier alpha value is -1.92. The fraction of sp³-hybridized carbons (Fsp3) is 0.0588. The second-order valence-corrected chi connectivity index (χ2v) is 6.36. The maximum atomic E-state index is 12.3. The van der Waals surface area contributed by atoms with Crippen LogP contribution in [0.2, 0.25) is 0 Å². The number of carbonyl (C=O) groups is 1. The van der Waals surface area contributed by atoms with E-state index < -0.39 is 17.0 Å². The molecule has 0 radical (unpaired) electrons. The van der Waals surface area contributed by atoms with Gasteiger partial charge in [-0.15, -0.1) is 0 Å². The number of halogens is 2. The van der Waals surface area contributed by atoms with Gasteiger partial charge in [-0.2, -0.15) is 0 Å². The molecule has 0 spiro atoms. The molecule has 0 fully saturated rings. The number of hydrogen-bond acceptors (Lipinski definition) is 4. The molecule has 2 aromatic rings. The number of methoxy groups -OCH3 is 1. The third kappa shape index (κ3) is 4.30. The van der Waals surface area contributed by atoms with E-state index in [4.69, 9.17) is 4.74 Å². The van der Waals surface area contributed by atoms with Crippen molar-refractivity contribution in [1.82, 2.24) is 0 Å². The van der Waals surface area contributed by atoms with Crippen LogP contribution in [0.5, 0.6) is 11.5 Å². The third-order valence-electron chi connectivity index (χ3n) is 3.02. The van der Waals surface area contributed by atoms with E-state index in [1.165, 1.54) is 18.2 Å². The molecule has 0 bridgehead atoms. The van der Waals surface area contributed by atoms with Gasteiger partial charge >= 0.3 is 0 Å². The fourth-order valence-electron chi connectivity index (χ4n) is 1.86. The molecule has 0 amide bonds. The number of ketones is 1. The van der Waals surface area contributed by atoms with E-state index in [2.05, 4.69) is 31.9 Å². The zero-order valence-corrected chi connectivity index (χ0v) is 15.2. The Bertz CT molecular complexity index is 844. The number of benzene rings is 1. The summed E-state index contributed by atoms with van der Waals surface area (Å²) in [4.78, 5) is 24.2. The number of aromatic hydroxyl groups is 1. The summed E-state index contributed by atoms with van der Waals surface area (Å²) in [6.07, 6.45) is 2.88. The fourth-order valence-corrected chi connectivity index (χ4v) is 3.06. The summed E-state index contributed by atoms with van der Waals surface area (Å²) < 4.78 is 5.78. The second-order valence-electron chi connectivity index (χ2n) is 4.59. The van der Waals surface area contributed by atoms with Crippen molar-refractivity contribution in [1.29, 1.82) is 0 Å². The minimum atomic E-state index is -0.645. The quantitative estimate of drug-likeness (QED) is 0.573. The first kappa shape index (κ1) is 17.4. The van der Waals surface area contributed by atoms with E-state index in [-0.39, 0.29) is 10.0 Å². The van der Waals surface area contributed by atoms with Gasteiger partial charge in [-0.05, 0) is 51.8 Å². The second kappa shape index (κ2) is 7.57. The van der Waals surface area contributed by atoms with Gasteiger partial charge in [0.25, 0.3) is 0 Å². The first-order valence-corrected chi connectivity index (χ1v) is 8.09. The average Bonchev–Trinajstić information content (AvgIpc) is 2.64. The van der Waals surface area contributed by atoms with Crippen LogP contribution in [-0.4, -0.2) is 18.0 Å². The van der Waals surface area contributed by atoms with E-state index >= 15 is 0 Å². The summed E-state index contributed by atoms with van der Waals surface area (Å²) in [6, 6.07) is 10.0. The lowest BCUT2D eigenvalue weighted by Crippen LogP contribution is -2.03. The number of carbonyl (C=O) groups excluding carboxylic acids is 1. The molecule has 0 aliphatic heterocycles. The van der Waals surface area contributed by atoms with E-state index in [9.17, 15) is 14.7 Å². The molecule has 0 atom stereocenters. The van der Waals surface area contributed by atoms with Crippen molar-refractivity contribution in [3.63, 3.8) is 0 Å². The van der Waals surface area contributed by atoms with Gasteiger partial charge in [0.05, 0.1) is 17.1 Å². The van der Waals surface area contributed by atoms with Gasteiger partial charge in [-0.25, -0.2) is 0 Å². The van der Waals surface area contributed by atoms with Crippen LogP contribution in [0.4, 0.5) is 0 Å². The van der Waals surface area contributed by atoms with E-state index in [1.807, 2.05) is 6.07 Å². The zero-order chi connectivity index (χ0) is 17.0. The van der Waals surface area contributed by atoms with Gasteiger partial charge in [0.1, 0.15) is 5.75 Å². The van der Waals surface area contributed by atoms with Crippen molar-refractivity contribution in [3.05, 3.63) is 72.8 Å². The van der Waals surface area contributed by atoms with Crippen molar-refractivity contribution in [3.8, 4) is 11.5 Å². The Labute approximate surface area is 149 Å². The SMILES string of the molecule is COc1cccc(C=CC(=O)c2cc(Br)cc(Br)c(=O)c2O)c1. The Balaban J connectivity index is 2.40. The van der Waals surface area contributed by atoms with Crippen molar-refractivity contribution in [2.45, 2.75) is 0 Å². The van der Waals surface area contributed by atoms with Crippen LogP contribution in [0.1, 0.15) is 15.9 Å². The van der Waals surface area contributed by atoms with Gasteiger partial charge in [0.15, 0.2) is 11.5 Å². The van der Waals surface area contributed by atoms with Crippen LogP contribution in [-0.2, 0) is 0 Å². The lowest BCUT2D eigenvalue weighted by atomic mass is 10.1. The molecule has 0 aromatic heterocycles. The number of rotatable bonds is 4. The Kier molecular flexibility index (Phi) is 5.74. The predicted molar refractivity (Wildman–Crippen MR) is 96.1 cm³/mol. The van der Waals surface area contributed by atoms with Crippen molar-refractivity contribution in [2.24, 2.45) is 0 Å². The van der Waals surface area contributed by atoms with E-state index in [0.717, 1.165) is 5.56 Å². The summed E-state index contributed by atoms with van der Waals surface area (Å²) in [6.45, 7) is 0. The molecular weight excluding hydrogens is 428 g/mol. The maximum Gasteiger partial charge on any atom is 0.235 e. The minimum Gasteiger partial charge on any atom is -0.504 e. The Morgan fingerprint density at radius 3 is 2.65 bits per heavy atom. The zero-order valence-electron chi connectivity index (χ0n) is 12.0. The lowest BCUT2D eigenvalue weighted by Gasteiger charge is -2.00. The van der Waals surface area contributed by atoms with Gasteiger partial charge in [0, 0.05) is 4.47 Å². The average molecular weight is 440 g/mol. The highest BCUT2D eigenvalue weighted by Crippen LogP contribution is 2.22. The van der Waals surface area contributed by atoms with E-state index in [1.54, 1.807) is 31.4 Å². The van der Waals surface area contributed by atoms with Gasteiger partial charge < -0.3 is 9.84 Å². The van der Waals surface area contributed by atoms with Crippen LogP contribution >= 0.6 is 31.9 Å². The molecule has 118 valence electrons. The normalized spacial score (nSPS) is 10.7. The molecule has 0 unspecified atom stereocenters. The molecular formula is C17H12Br2O4. The molecule has 1 N–H and O–H groups in total. The highest BCUT2D eigenvalue weighted by molar-refractivity contribution is 9.11. The maximum absolute atomic E-state index is 12.3. The number of allylic oxidation sites excluding steroid dienone is 1. The summed E-state index contributed by atoms with van der Waals surface area (Å²) in [7, 11) is 1.56. The van der Waals surface area contributed by atoms with Crippen LogP contribution in [0.15, 0.2) is 56.2 Å². The molecule has 2 rings (SSSR count). The standard InChI is InChI=1S/C17H12Br2O4/c1-23-12-4-2-3-10(7-12)5-6-15(20)13-8-11(18)9-14(19)17(22)16(13)21/h2-9H,1H3,(H,21,22). The van der Waals surface area contributed by atoms with Crippen LogP contribution in [0.3, 0.4) is 0 Å². The minimum absolute atomic E-state index is 0.0771. The van der Waals surface area contributed by atoms with Crippen LogP contribution in [0, 0.1) is 0 Å². The summed E-state index contributed by atoms with van der Waals surface area (Å²) in [5.41, 5.74) is 0.0423. The molecule has 0 saturated heterocycles. The van der Waals surface area contributed by atoms with Crippen molar-refractivity contribution in [2.75, 3.05) is 7.11 Å². The highest BCUT2D eigenvalue weighted by Gasteiger charge is 2.13. The Morgan fingerprint density at radius 1 is 1.22 bits per heavy atom. The topological polar surface area (TPSA) is 63.6 Å². The molecule has 6 heteroatoms. The summed E-state index contributed by atoms with van der Waals surface area (Å²) in [5, 5.41) is 9.97. The summed E-state index contributed by atoms with van der Waals surface area (Å²) >= 11 is 6.28. The highest BCUT2D eigenvalue weighted by atomic mass is 79.9. The number of hydrogen-bond donors (Lipinski definition) is 1. The number of ether oxygens (including phenoxy) is 1. The first-order valence-electron chi connectivity index (χ1n) is 6.51. The van der Waals surface area contributed by atoms with Crippen molar-refractivity contribution >= 4 is 43.7 Å². The van der Waals surface area contributed by atoms with Crippen LogP contribution < -0.4 is 10.2 Å². The third-order valence-corrected chi connectivity index (χ3v) is 4.07. The van der Waals surface area contributed by atoms with E-state index in [0.29, 0.717) is 10.2 Å². The summed E-state index contributed by atoms with van der Waals surface area (Å²) in [5.74, 6) is -0.406. The van der Waals surface area contributed by atoms with Crippen LogP contribution in [0.25, 0.3) is 6.08 Å². The van der Waals surface area contributed by atoms with Crippen molar-refractivity contribution < 1.29 is 14.6 Å². The van der Waals surface area contributed by atoms with Gasteiger partial charge in [0.2, 0.25) is 5.43 Å². The molecule has 0 saturated carbocycles. The molecule has 0 heterocycles. The van der Waals surface area contributed by atoms with Gasteiger partial charge in [-0.1, -0.05) is 34.1 Å². The van der Waals surface area contributed by atoms with Gasteiger partial charge in [-0.3, -0.25) is 9.59 Å². The molecule has 0 aliphatic rings.